The molecule has 1 aromatic heterocycles. The highest BCUT2D eigenvalue weighted by molar-refractivity contribution is 6.10. The molecule has 0 amide bonds. The molecule has 2 nitrogen and oxygen atoms in total. The quantitative estimate of drug-likeness (QED) is 0.276. The SMILES string of the molecule is CC(C)N(c1ccc(C(C)(C)C)cc1)c1ccc2c(c1)c1ccccc1n2-c1ccccc1. The van der Waals surface area contributed by atoms with Crippen LogP contribution in [0.4, 0.5) is 11.4 Å². The van der Waals surface area contributed by atoms with E-state index >= 15 is 0 Å². The molecule has 4 aromatic carbocycles. The van der Waals surface area contributed by atoms with Gasteiger partial charge in [-0.15, -0.1) is 0 Å². The largest absolute Gasteiger partial charge is 0.339 e. The average Bonchev–Trinajstić information content (AvgIpc) is 3.13. The molecule has 0 saturated heterocycles. The van der Waals surface area contributed by atoms with E-state index in [0.29, 0.717) is 6.04 Å². The molecule has 0 saturated carbocycles. The van der Waals surface area contributed by atoms with Gasteiger partial charge >= 0.3 is 0 Å². The zero-order valence-corrected chi connectivity index (χ0v) is 20.2. The van der Waals surface area contributed by atoms with Gasteiger partial charge in [-0.2, -0.15) is 0 Å². The zero-order chi connectivity index (χ0) is 23.2. The summed E-state index contributed by atoms with van der Waals surface area (Å²) < 4.78 is 2.37. The fourth-order valence-electron chi connectivity index (χ4n) is 4.83. The van der Waals surface area contributed by atoms with E-state index in [0.717, 1.165) is 0 Å². The van der Waals surface area contributed by atoms with Crippen molar-refractivity contribution >= 4 is 33.2 Å². The van der Waals surface area contributed by atoms with E-state index < -0.39 is 0 Å². The highest BCUT2D eigenvalue weighted by atomic mass is 15.2. The molecule has 5 aromatic rings. The van der Waals surface area contributed by atoms with Crippen LogP contribution in [-0.2, 0) is 5.41 Å². The summed E-state index contributed by atoms with van der Waals surface area (Å²) >= 11 is 0. The van der Waals surface area contributed by atoms with E-state index in [2.05, 4.69) is 141 Å². The Bertz CT molecular complexity index is 1400. The van der Waals surface area contributed by atoms with Crippen LogP contribution in [0.3, 0.4) is 0 Å². The van der Waals surface area contributed by atoms with Crippen molar-refractivity contribution in [1.82, 2.24) is 4.57 Å². The number of para-hydroxylation sites is 2. The molecule has 0 radical (unpaired) electrons. The van der Waals surface area contributed by atoms with Gasteiger partial charge in [0.25, 0.3) is 0 Å². The lowest BCUT2D eigenvalue weighted by atomic mass is 9.87. The standard InChI is InChI=1S/C31H32N2/c1-22(2)32(25-17-15-23(16-18-25)31(3,4)5)26-19-20-30-28(21-26)27-13-9-10-14-29(27)33(30)24-11-7-6-8-12-24/h6-22H,1-5H3. The Balaban J connectivity index is 1.68. The molecule has 1 heterocycles. The molecule has 0 atom stereocenters. The maximum absolute atomic E-state index is 2.43. The van der Waals surface area contributed by atoms with Gasteiger partial charge in [0.05, 0.1) is 11.0 Å². The summed E-state index contributed by atoms with van der Waals surface area (Å²) in [7, 11) is 0. The van der Waals surface area contributed by atoms with E-state index in [1.807, 2.05) is 0 Å². The number of hydrogen-bond acceptors (Lipinski definition) is 1. The van der Waals surface area contributed by atoms with Crippen molar-refractivity contribution in [2.24, 2.45) is 0 Å². The third-order valence-corrected chi connectivity index (χ3v) is 6.48. The van der Waals surface area contributed by atoms with Gasteiger partial charge in [0, 0.05) is 33.9 Å². The molecule has 0 unspecified atom stereocenters. The molecule has 33 heavy (non-hydrogen) atoms. The van der Waals surface area contributed by atoms with Gasteiger partial charge in [0.2, 0.25) is 0 Å². The molecular formula is C31H32N2. The number of anilines is 2. The molecule has 0 aliphatic heterocycles. The van der Waals surface area contributed by atoms with Crippen molar-refractivity contribution in [3.63, 3.8) is 0 Å². The molecule has 0 aliphatic rings. The molecule has 0 aliphatic carbocycles. The van der Waals surface area contributed by atoms with Crippen molar-refractivity contribution < 1.29 is 0 Å². The molecule has 166 valence electrons. The molecule has 0 bridgehead atoms. The molecule has 0 spiro atoms. The summed E-state index contributed by atoms with van der Waals surface area (Å²) in [6.45, 7) is 11.3. The van der Waals surface area contributed by atoms with Gasteiger partial charge in [-0.1, -0.05) is 69.3 Å². The van der Waals surface area contributed by atoms with Crippen LogP contribution in [0.1, 0.15) is 40.2 Å². The maximum Gasteiger partial charge on any atom is 0.0542 e. The number of fused-ring (bicyclic) bond motifs is 3. The number of hydrogen-bond donors (Lipinski definition) is 0. The molecule has 0 fully saturated rings. The maximum atomic E-state index is 2.43. The summed E-state index contributed by atoms with van der Waals surface area (Å²) in [6, 6.07) is 35.6. The second-order valence-corrected chi connectivity index (χ2v) is 10.2. The fraction of sp³-hybridized carbons (Fsp3) is 0.226. The number of rotatable bonds is 4. The Morgan fingerprint density at radius 2 is 1.24 bits per heavy atom. The Kier molecular flexibility index (Phi) is 5.25. The first-order valence-corrected chi connectivity index (χ1v) is 11.8. The lowest BCUT2D eigenvalue weighted by Gasteiger charge is -2.30. The third-order valence-electron chi connectivity index (χ3n) is 6.48. The minimum Gasteiger partial charge on any atom is -0.339 e. The zero-order valence-electron chi connectivity index (χ0n) is 20.2. The topological polar surface area (TPSA) is 8.17 Å². The first-order valence-electron chi connectivity index (χ1n) is 11.8. The van der Waals surface area contributed by atoms with Crippen LogP contribution in [-0.4, -0.2) is 10.6 Å². The predicted molar refractivity (Wildman–Crippen MR) is 143 cm³/mol. The lowest BCUT2D eigenvalue weighted by molar-refractivity contribution is 0.590. The smallest absolute Gasteiger partial charge is 0.0542 e. The Morgan fingerprint density at radius 3 is 1.91 bits per heavy atom. The molecule has 5 rings (SSSR count). The normalized spacial score (nSPS) is 12.1. The van der Waals surface area contributed by atoms with Crippen molar-refractivity contribution in [3.8, 4) is 5.69 Å². The Hall–Kier alpha value is -3.52. The highest BCUT2D eigenvalue weighted by Gasteiger charge is 2.19. The second-order valence-electron chi connectivity index (χ2n) is 10.2. The van der Waals surface area contributed by atoms with Crippen LogP contribution >= 0.6 is 0 Å². The third kappa shape index (κ3) is 3.80. The summed E-state index contributed by atoms with van der Waals surface area (Å²) in [5, 5.41) is 2.56. The number of aromatic nitrogens is 1. The van der Waals surface area contributed by atoms with Crippen LogP contribution in [0.15, 0.2) is 97.1 Å². The highest BCUT2D eigenvalue weighted by Crippen LogP contribution is 2.37. The predicted octanol–water partition coefficient (Wildman–Crippen LogP) is 8.63. The fourth-order valence-corrected chi connectivity index (χ4v) is 4.83. The van der Waals surface area contributed by atoms with E-state index in [1.165, 1.54) is 44.4 Å². The van der Waals surface area contributed by atoms with Gasteiger partial charge in [-0.25, -0.2) is 0 Å². The van der Waals surface area contributed by atoms with E-state index in [1.54, 1.807) is 0 Å². The number of benzene rings is 4. The summed E-state index contributed by atoms with van der Waals surface area (Å²) in [5.74, 6) is 0. The van der Waals surface area contributed by atoms with E-state index in [4.69, 9.17) is 0 Å². The Morgan fingerprint density at radius 1 is 0.636 bits per heavy atom. The van der Waals surface area contributed by atoms with Crippen LogP contribution in [0, 0.1) is 0 Å². The molecule has 0 N–H and O–H groups in total. The van der Waals surface area contributed by atoms with E-state index in [-0.39, 0.29) is 5.41 Å². The van der Waals surface area contributed by atoms with Gasteiger partial charge < -0.3 is 9.47 Å². The minimum absolute atomic E-state index is 0.152. The summed E-state index contributed by atoms with van der Waals surface area (Å²) in [4.78, 5) is 2.43. The lowest BCUT2D eigenvalue weighted by Crippen LogP contribution is -2.25. The summed E-state index contributed by atoms with van der Waals surface area (Å²) in [5.41, 5.74) is 7.62. The first-order chi connectivity index (χ1) is 15.8. The van der Waals surface area contributed by atoms with Gasteiger partial charge in [0.15, 0.2) is 0 Å². The van der Waals surface area contributed by atoms with Crippen molar-refractivity contribution in [3.05, 3.63) is 103 Å². The molecular weight excluding hydrogens is 400 g/mol. The van der Waals surface area contributed by atoms with Crippen LogP contribution in [0.25, 0.3) is 27.5 Å². The monoisotopic (exact) mass is 432 g/mol. The first kappa shape index (κ1) is 21.3. The molecule has 2 heteroatoms. The number of nitrogens with zero attached hydrogens (tertiary/aromatic N) is 2. The van der Waals surface area contributed by atoms with Crippen LogP contribution < -0.4 is 4.90 Å². The summed E-state index contributed by atoms with van der Waals surface area (Å²) in [6.07, 6.45) is 0. The van der Waals surface area contributed by atoms with Gasteiger partial charge in [0.1, 0.15) is 0 Å². The van der Waals surface area contributed by atoms with Crippen LogP contribution in [0.2, 0.25) is 0 Å². The van der Waals surface area contributed by atoms with E-state index in [9.17, 15) is 0 Å². The Labute approximate surface area is 197 Å². The second kappa shape index (κ2) is 8.12. The van der Waals surface area contributed by atoms with Gasteiger partial charge in [-0.05, 0) is 73.4 Å². The minimum atomic E-state index is 0.152. The van der Waals surface area contributed by atoms with Gasteiger partial charge in [-0.3, -0.25) is 0 Å². The van der Waals surface area contributed by atoms with Crippen molar-refractivity contribution in [2.75, 3.05) is 4.90 Å². The van der Waals surface area contributed by atoms with Crippen molar-refractivity contribution in [1.29, 1.82) is 0 Å². The van der Waals surface area contributed by atoms with Crippen molar-refractivity contribution in [2.45, 2.75) is 46.1 Å². The van der Waals surface area contributed by atoms with Crippen LogP contribution in [0.5, 0.6) is 0 Å². The average molecular weight is 433 g/mol.